The first-order valence-electron chi connectivity index (χ1n) is 10.0. The van der Waals surface area contributed by atoms with Crippen molar-refractivity contribution >= 4 is 11.9 Å². The van der Waals surface area contributed by atoms with Gasteiger partial charge in [0.05, 0.1) is 25.7 Å². The Morgan fingerprint density at radius 2 is 1.74 bits per heavy atom. The zero-order valence-corrected chi connectivity index (χ0v) is 18.0. The highest BCUT2D eigenvalue weighted by molar-refractivity contribution is 5.94. The van der Waals surface area contributed by atoms with Crippen LogP contribution in [0.15, 0.2) is 59.0 Å². The van der Waals surface area contributed by atoms with Gasteiger partial charge in [-0.1, -0.05) is 30.3 Å². The maximum absolute atomic E-state index is 13.0. The molecule has 1 aromatic heterocycles. The zero-order chi connectivity index (χ0) is 22.4. The number of ether oxygens (including phenoxy) is 2. The van der Waals surface area contributed by atoms with Gasteiger partial charge in [0.1, 0.15) is 11.5 Å². The minimum Gasteiger partial charge on any atom is -0.497 e. The third-order valence-electron chi connectivity index (χ3n) is 4.59. The van der Waals surface area contributed by atoms with Crippen molar-refractivity contribution in [3.8, 4) is 17.2 Å². The van der Waals surface area contributed by atoms with Crippen LogP contribution in [-0.4, -0.2) is 30.1 Å². The molecule has 7 nitrogen and oxygen atoms in total. The maximum atomic E-state index is 13.0. The van der Waals surface area contributed by atoms with E-state index in [2.05, 4.69) is 10.3 Å². The molecule has 0 saturated carbocycles. The van der Waals surface area contributed by atoms with Crippen LogP contribution in [-0.2, 0) is 9.53 Å². The molecule has 0 spiro atoms. The number of aromatic nitrogens is 1. The van der Waals surface area contributed by atoms with Crippen LogP contribution in [0.5, 0.6) is 5.75 Å². The molecule has 2 aromatic carbocycles. The largest absolute Gasteiger partial charge is 0.497 e. The molecule has 1 N–H and O–H groups in total. The van der Waals surface area contributed by atoms with E-state index in [1.807, 2.05) is 30.3 Å². The highest BCUT2D eigenvalue weighted by Gasteiger charge is 2.24. The molecule has 3 aromatic rings. The van der Waals surface area contributed by atoms with Crippen molar-refractivity contribution in [2.75, 3.05) is 7.11 Å². The lowest BCUT2D eigenvalue weighted by Gasteiger charge is -2.19. The monoisotopic (exact) mass is 422 g/mol. The molecule has 1 unspecified atom stereocenters. The Labute approximate surface area is 181 Å². The molecule has 0 radical (unpaired) electrons. The Morgan fingerprint density at radius 3 is 2.35 bits per heavy atom. The molecule has 162 valence electrons. The third-order valence-corrected chi connectivity index (χ3v) is 4.59. The van der Waals surface area contributed by atoms with E-state index in [1.165, 1.54) is 0 Å². The predicted molar refractivity (Wildman–Crippen MR) is 116 cm³/mol. The summed E-state index contributed by atoms with van der Waals surface area (Å²) in [6.45, 7) is 5.25. The first-order valence-corrected chi connectivity index (χ1v) is 10.0. The predicted octanol–water partition coefficient (Wildman–Crippen LogP) is 4.47. The average Bonchev–Trinajstić information content (AvgIpc) is 3.15. The van der Waals surface area contributed by atoms with E-state index < -0.39 is 17.9 Å². The fourth-order valence-corrected chi connectivity index (χ4v) is 3.10. The van der Waals surface area contributed by atoms with Crippen LogP contribution in [0.4, 0.5) is 0 Å². The molecule has 0 saturated heterocycles. The summed E-state index contributed by atoms with van der Waals surface area (Å²) in [5.41, 5.74) is 1.70. The standard InChI is InChI=1S/C24H26N2O5/c1-15(2)30-21(27)14-20(17-10-12-19(29-4)13-11-17)25-23(28)22-16(3)31-24(26-22)18-8-6-5-7-9-18/h5-13,15,20H,14H2,1-4H3,(H,25,28). The molecule has 0 fully saturated rings. The molecule has 3 rings (SSSR count). The Kier molecular flexibility index (Phi) is 7.07. The molecule has 31 heavy (non-hydrogen) atoms. The topological polar surface area (TPSA) is 90.7 Å². The number of carbonyl (C=O) groups excluding carboxylic acids is 2. The number of benzene rings is 2. The van der Waals surface area contributed by atoms with Gasteiger partial charge in [-0.15, -0.1) is 0 Å². The van der Waals surface area contributed by atoms with Gasteiger partial charge in [0.2, 0.25) is 5.89 Å². The summed E-state index contributed by atoms with van der Waals surface area (Å²) in [6.07, 6.45) is -0.260. The van der Waals surface area contributed by atoms with E-state index in [9.17, 15) is 9.59 Å². The van der Waals surface area contributed by atoms with Crippen molar-refractivity contribution in [3.05, 3.63) is 71.6 Å². The van der Waals surface area contributed by atoms with Gasteiger partial charge in [-0.05, 0) is 50.6 Å². The Balaban J connectivity index is 1.83. The van der Waals surface area contributed by atoms with Crippen LogP contribution in [0.3, 0.4) is 0 Å². The number of methoxy groups -OCH3 is 1. The van der Waals surface area contributed by atoms with Gasteiger partial charge in [0, 0.05) is 5.56 Å². The first-order chi connectivity index (χ1) is 14.9. The molecular weight excluding hydrogens is 396 g/mol. The number of amides is 1. The highest BCUT2D eigenvalue weighted by Crippen LogP contribution is 2.24. The number of nitrogens with one attached hydrogen (secondary N) is 1. The molecular formula is C24H26N2O5. The van der Waals surface area contributed by atoms with Crippen LogP contribution in [0.1, 0.15) is 48.1 Å². The number of hydrogen-bond donors (Lipinski definition) is 1. The van der Waals surface area contributed by atoms with Crippen LogP contribution >= 0.6 is 0 Å². The zero-order valence-electron chi connectivity index (χ0n) is 18.0. The van der Waals surface area contributed by atoms with Gasteiger partial charge < -0.3 is 19.2 Å². The van der Waals surface area contributed by atoms with Gasteiger partial charge in [0.15, 0.2) is 5.69 Å². The Morgan fingerprint density at radius 1 is 1.06 bits per heavy atom. The molecule has 7 heteroatoms. The van der Waals surface area contributed by atoms with E-state index in [0.29, 0.717) is 17.4 Å². The van der Waals surface area contributed by atoms with Gasteiger partial charge in [0.25, 0.3) is 5.91 Å². The number of rotatable bonds is 8. The number of nitrogens with zero attached hydrogens (tertiary/aromatic N) is 1. The van der Waals surface area contributed by atoms with Crippen LogP contribution in [0, 0.1) is 6.92 Å². The lowest BCUT2D eigenvalue weighted by atomic mass is 10.0. The van der Waals surface area contributed by atoms with E-state index >= 15 is 0 Å². The number of hydrogen-bond acceptors (Lipinski definition) is 6. The van der Waals surface area contributed by atoms with Gasteiger partial charge in [-0.3, -0.25) is 9.59 Å². The quantitative estimate of drug-likeness (QED) is 0.539. The van der Waals surface area contributed by atoms with Crippen LogP contribution in [0.25, 0.3) is 11.5 Å². The normalized spacial score (nSPS) is 11.8. The van der Waals surface area contributed by atoms with Crippen molar-refractivity contribution in [3.63, 3.8) is 0 Å². The van der Waals surface area contributed by atoms with Crippen molar-refractivity contribution < 1.29 is 23.5 Å². The van der Waals surface area contributed by atoms with Crippen molar-refractivity contribution in [1.82, 2.24) is 10.3 Å². The summed E-state index contributed by atoms with van der Waals surface area (Å²) in [5, 5.41) is 2.89. The number of esters is 1. The number of carbonyl (C=O) groups is 2. The second-order valence-electron chi connectivity index (χ2n) is 7.33. The van der Waals surface area contributed by atoms with Crippen molar-refractivity contribution in [2.24, 2.45) is 0 Å². The minimum atomic E-state index is -0.596. The van der Waals surface area contributed by atoms with E-state index in [4.69, 9.17) is 13.9 Å². The molecule has 1 heterocycles. The molecule has 0 bridgehead atoms. The second-order valence-corrected chi connectivity index (χ2v) is 7.33. The van der Waals surface area contributed by atoms with E-state index in [-0.39, 0.29) is 18.2 Å². The Hall–Kier alpha value is -3.61. The highest BCUT2D eigenvalue weighted by atomic mass is 16.5. The summed E-state index contributed by atoms with van der Waals surface area (Å²) in [5.74, 6) is 0.607. The fraction of sp³-hybridized carbons (Fsp3) is 0.292. The lowest BCUT2D eigenvalue weighted by Crippen LogP contribution is -2.31. The number of aryl methyl sites for hydroxylation is 1. The van der Waals surface area contributed by atoms with E-state index in [1.54, 1.807) is 52.1 Å². The summed E-state index contributed by atoms with van der Waals surface area (Å²) in [4.78, 5) is 29.7. The summed E-state index contributed by atoms with van der Waals surface area (Å²) >= 11 is 0. The van der Waals surface area contributed by atoms with E-state index in [0.717, 1.165) is 11.1 Å². The summed E-state index contributed by atoms with van der Waals surface area (Å²) in [6, 6.07) is 15.9. The lowest BCUT2D eigenvalue weighted by molar-refractivity contribution is -0.147. The smallest absolute Gasteiger partial charge is 0.308 e. The second kappa shape index (κ2) is 9.93. The van der Waals surface area contributed by atoms with Crippen LogP contribution in [0.2, 0.25) is 0 Å². The average molecular weight is 422 g/mol. The Bertz CT molecular complexity index is 1030. The van der Waals surface area contributed by atoms with Gasteiger partial charge in [-0.2, -0.15) is 0 Å². The maximum Gasteiger partial charge on any atom is 0.308 e. The molecule has 1 atom stereocenters. The molecule has 0 aliphatic rings. The van der Waals surface area contributed by atoms with Crippen molar-refractivity contribution in [2.45, 2.75) is 39.3 Å². The van der Waals surface area contributed by atoms with Crippen molar-refractivity contribution in [1.29, 1.82) is 0 Å². The SMILES string of the molecule is COc1ccc(C(CC(=O)OC(C)C)NC(=O)c2nc(-c3ccccc3)oc2C)cc1. The molecule has 0 aliphatic carbocycles. The minimum absolute atomic E-state index is 0.0152. The summed E-state index contributed by atoms with van der Waals surface area (Å²) < 4.78 is 16.2. The molecule has 1 amide bonds. The third kappa shape index (κ3) is 5.72. The first kappa shape index (κ1) is 22.1. The number of oxazole rings is 1. The molecule has 0 aliphatic heterocycles. The van der Waals surface area contributed by atoms with Gasteiger partial charge in [-0.25, -0.2) is 4.98 Å². The fourth-order valence-electron chi connectivity index (χ4n) is 3.10. The van der Waals surface area contributed by atoms with Crippen LogP contribution < -0.4 is 10.1 Å². The van der Waals surface area contributed by atoms with Gasteiger partial charge >= 0.3 is 5.97 Å². The summed E-state index contributed by atoms with van der Waals surface area (Å²) in [7, 11) is 1.58.